The van der Waals surface area contributed by atoms with E-state index >= 15 is 0 Å². The van der Waals surface area contributed by atoms with Crippen LogP contribution in [0, 0.1) is 0 Å². The van der Waals surface area contributed by atoms with Gasteiger partial charge in [-0.1, -0.05) is 13.8 Å². The lowest BCUT2D eigenvalue weighted by atomic mass is 10.1. The van der Waals surface area contributed by atoms with E-state index < -0.39 is 0 Å². The molecule has 1 heterocycles. The first-order valence-corrected chi connectivity index (χ1v) is 7.61. The fraction of sp³-hybridized carbons (Fsp3) is 0.471. The van der Waals surface area contributed by atoms with Crippen LogP contribution in [0.15, 0.2) is 35.3 Å². The van der Waals surface area contributed by atoms with Crippen molar-refractivity contribution in [3.63, 3.8) is 0 Å². The summed E-state index contributed by atoms with van der Waals surface area (Å²) >= 11 is 0. The second-order valence-corrected chi connectivity index (χ2v) is 5.12. The van der Waals surface area contributed by atoms with Crippen LogP contribution in [0.5, 0.6) is 5.75 Å². The van der Waals surface area contributed by atoms with Crippen molar-refractivity contribution in [1.82, 2.24) is 9.80 Å². The Morgan fingerprint density at radius 3 is 2.52 bits per heavy atom. The molecule has 0 unspecified atom stereocenters. The third-order valence-corrected chi connectivity index (χ3v) is 3.76. The summed E-state index contributed by atoms with van der Waals surface area (Å²) in [5, 5.41) is 0. The lowest BCUT2D eigenvalue weighted by Crippen LogP contribution is -2.27. The van der Waals surface area contributed by atoms with Crippen molar-refractivity contribution < 1.29 is 4.74 Å². The average molecular weight is 287 g/mol. The molecule has 0 saturated heterocycles. The summed E-state index contributed by atoms with van der Waals surface area (Å²) < 4.78 is 5.81. The molecule has 0 aliphatic carbocycles. The van der Waals surface area contributed by atoms with Crippen LogP contribution in [0.2, 0.25) is 0 Å². The first-order valence-electron chi connectivity index (χ1n) is 7.61. The minimum Gasteiger partial charge on any atom is -0.492 e. The van der Waals surface area contributed by atoms with Crippen LogP contribution in [0.1, 0.15) is 19.4 Å². The van der Waals surface area contributed by atoms with Crippen LogP contribution in [-0.2, 0) is 0 Å². The molecule has 2 rings (SSSR count). The second kappa shape index (κ2) is 7.84. The molecule has 0 spiro atoms. The summed E-state index contributed by atoms with van der Waals surface area (Å²) in [5.74, 6) is 0.929. The fourth-order valence-electron chi connectivity index (χ4n) is 2.37. The Hall–Kier alpha value is -1.81. The van der Waals surface area contributed by atoms with Crippen molar-refractivity contribution in [3.05, 3.63) is 35.9 Å². The third-order valence-electron chi connectivity index (χ3n) is 3.76. The quantitative estimate of drug-likeness (QED) is 0.772. The van der Waals surface area contributed by atoms with Gasteiger partial charge in [0, 0.05) is 25.5 Å². The third kappa shape index (κ3) is 4.33. The number of allylic oxidation sites excluding steroid dienone is 1. The molecule has 0 N–H and O–H groups in total. The van der Waals surface area contributed by atoms with E-state index in [9.17, 15) is 0 Å². The molecule has 0 aromatic heterocycles. The van der Waals surface area contributed by atoms with Gasteiger partial charge in [-0.2, -0.15) is 0 Å². The Balaban J connectivity index is 1.90. The highest BCUT2D eigenvalue weighted by Crippen LogP contribution is 2.22. The molecule has 1 aromatic carbocycles. The second-order valence-electron chi connectivity index (χ2n) is 5.12. The molecular formula is C17H25N3O. The lowest BCUT2D eigenvalue weighted by molar-refractivity contribution is 0.223. The Morgan fingerprint density at radius 1 is 1.19 bits per heavy atom. The molecule has 1 aliphatic rings. The molecule has 4 nitrogen and oxygen atoms in total. The van der Waals surface area contributed by atoms with Gasteiger partial charge in [0.2, 0.25) is 0 Å². The maximum atomic E-state index is 5.81. The van der Waals surface area contributed by atoms with Crippen LogP contribution in [-0.4, -0.2) is 56.0 Å². The van der Waals surface area contributed by atoms with Crippen LogP contribution in [0.4, 0.5) is 0 Å². The number of rotatable bonds is 7. The van der Waals surface area contributed by atoms with E-state index in [0.717, 1.165) is 32.0 Å². The Bertz CT molecular complexity index is 489. The molecule has 0 saturated carbocycles. The van der Waals surface area contributed by atoms with Crippen molar-refractivity contribution in [2.75, 3.05) is 40.0 Å². The van der Waals surface area contributed by atoms with Crippen LogP contribution in [0.25, 0.3) is 5.70 Å². The first kappa shape index (κ1) is 15.6. The van der Waals surface area contributed by atoms with Crippen molar-refractivity contribution in [2.45, 2.75) is 13.8 Å². The van der Waals surface area contributed by atoms with E-state index in [2.05, 4.69) is 47.8 Å². The predicted octanol–water partition coefficient (Wildman–Crippen LogP) is 2.72. The monoisotopic (exact) mass is 287 g/mol. The largest absolute Gasteiger partial charge is 0.492 e. The Morgan fingerprint density at radius 2 is 1.90 bits per heavy atom. The topological polar surface area (TPSA) is 28.1 Å². The summed E-state index contributed by atoms with van der Waals surface area (Å²) in [5.41, 5.74) is 2.39. The predicted molar refractivity (Wildman–Crippen MR) is 88.8 cm³/mol. The fourth-order valence-corrected chi connectivity index (χ4v) is 2.37. The van der Waals surface area contributed by atoms with E-state index in [1.165, 1.54) is 11.3 Å². The van der Waals surface area contributed by atoms with Crippen LogP contribution < -0.4 is 4.74 Å². The summed E-state index contributed by atoms with van der Waals surface area (Å²) in [4.78, 5) is 8.71. The SMILES string of the molecule is CCN(CC)CCOc1ccc(C2=CC=NCN2C)cc1. The molecule has 114 valence electrons. The van der Waals surface area contributed by atoms with E-state index in [1.807, 2.05) is 24.4 Å². The van der Waals surface area contributed by atoms with Gasteiger partial charge < -0.3 is 14.5 Å². The van der Waals surface area contributed by atoms with Gasteiger partial charge in [-0.3, -0.25) is 4.99 Å². The molecule has 21 heavy (non-hydrogen) atoms. The standard InChI is InChI=1S/C17H25N3O/c1-4-20(5-2)12-13-21-16-8-6-15(7-9-16)17-10-11-18-14-19(17)3/h6-11H,4-5,12-14H2,1-3H3. The van der Waals surface area contributed by atoms with Crippen molar-refractivity contribution in [2.24, 2.45) is 4.99 Å². The van der Waals surface area contributed by atoms with Gasteiger partial charge in [0.25, 0.3) is 0 Å². The molecule has 0 fully saturated rings. The van der Waals surface area contributed by atoms with Crippen LogP contribution >= 0.6 is 0 Å². The molecule has 4 heteroatoms. The zero-order valence-corrected chi connectivity index (χ0v) is 13.2. The minimum atomic E-state index is 0.716. The van der Waals surface area contributed by atoms with Crippen molar-refractivity contribution in [3.8, 4) is 5.75 Å². The number of nitrogens with zero attached hydrogens (tertiary/aromatic N) is 3. The van der Waals surface area contributed by atoms with Gasteiger partial charge in [0.1, 0.15) is 19.0 Å². The molecule has 0 amide bonds. The zero-order valence-electron chi connectivity index (χ0n) is 13.2. The number of hydrogen-bond acceptors (Lipinski definition) is 4. The smallest absolute Gasteiger partial charge is 0.119 e. The lowest BCUT2D eigenvalue weighted by Gasteiger charge is -2.23. The van der Waals surface area contributed by atoms with E-state index in [4.69, 9.17) is 4.74 Å². The molecule has 1 aromatic rings. The van der Waals surface area contributed by atoms with Gasteiger partial charge in [0.05, 0.1) is 0 Å². The van der Waals surface area contributed by atoms with Gasteiger partial charge in [-0.05, 0) is 49.0 Å². The van der Waals surface area contributed by atoms with Gasteiger partial charge in [-0.15, -0.1) is 0 Å². The number of aliphatic imine (C=N–C) groups is 1. The molecule has 1 aliphatic heterocycles. The number of likely N-dealkylation sites (N-methyl/N-ethyl adjacent to an activating group) is 1. The summed E-state index contributed by atoms with van der Waals surface area (Å²) in [6.07, 6.45) is 3.91. The number of benzene rings is 1. The van der Waals surface area contributed by atoms with Crippen molar-refractivity contribution in [1.29, 1.82) is 0 Å². The molecule has 0 atom stereocenters. The highest BCUT2D eigenvalue weighted by molar-refractivity contribution is 5.85. The molecule has 0 radical (unpaired) electrons. The van der Waals surface area contributed by atoms with Gasteiger partial charge in [0.15, 0.2) is 0 Å². The summed E-state index contributed by atoms with van der Waals surface area (Å²) in [6.45, 7) is 8.91. The van der Waals surface area contributed by atoms with Crippen LogP contribution in [0.3, 0.4) is 0 Å². The first-order chi connectivity index (χ1) is 10.2. The van der Waals surface area contributed by atoms with Gasteiger partial charge >= 0.3 is 0 Å². The maximum Gasteiger partial charge on any atom is 0.119 e. The summed E-state index contributed by atoms with van der Waals surface area (Å²) in [6, 6.07) is 8.29. The van der Waals surface area contributed by atoms with E-state index in [1.54, 1.807) is 0 Å². The normalized spacial score (nSPS) is 14.5. The Labute approximate surface area is 127 Å². The minimum absolute atomic E-state index is 0.716. The van der Waals surface area contributed by atoms with E-state index in [0.29, 0.717) is 6.67 Å². The highest BCUT2D eigenvalue weighted by Gasteiger charge is 2.09. The summed E-state index contributed by atoms with van der Waals surface area (Å²) in [7, 11) is 2.05. The number of hydrogen-bond donors (Lipinski definition) is 0. The highest BCUT2D eigenvalue weighted by atomic mass is 16.5. The van der Waals surface area contributed by atoms with Gasteiger partial charge in [-0.25, -0.2) is 0 Å². The average Bonchev–Trinajstić information content (AvgIpc) is 2.53. The maximum absolute atomic E-state index is 5.81. The Kier molecular flexibility index (Phi) is 5.81. The van der Waals surface area contributed by atoms with Crippen molar-refractivity contribution >= 4 is 11.9 Å². The zero-order chi connectivity index (χ0) is 15.1. The number of ether oxygens (including phenoxy) is 1. The van der Waals surface area contributed by atoms with E-state index in [-0.39, 0.29) is 0 Å². The molecular weight excluding hydrogens is 262 g/mol. The molecule has 0 bridgehead atoms.